The molecule has 1 unspecified atom stereocenters. The SMILES string of the molecule is COc1cccc(CC2CCN(c3ncc(Br)c(C)n3)C2=O)c1. The fourth-order valence-corrected chi connectivity index (χ4v) is 2.97. The zero-order valence-corrected chi connectivity index (χ0v) is 14.7. The number of carbonyl (C=O) groups is 1. The highest BCUT2D eigenvalue weighted by Crippen LogP contribution is 2.27. The van der Waals surface area contributed by atoms with Gasteiger partial charge in [-0.05, 0) is 53.4 Å². The minimum Gasteiger partial charge on any atom is -0.497 e. The number of ether oxygens (including phenoxy) is 1. The summed E-state index contributed by atoms with van der Waals surface area (Å²) in [5.74, 6) is 1.37. The Kier molecular flexibility index (Phi) is 4.61. The summed E-state index contributed by atoms with van der Waals surface area (Å²) in [6, 6.07) is 7.87. The number of methoxy groups -OCH3 is 1. The standard InChI is InChI=1S/C17H18BrN3O2/c1-11-15(18)10-19-17(20-11)21-7-6-13(16(21)22)8-12-4-3-5-14(9-12)23-2/h3-5,9-10,13H,6-8H2,1-2H3. The smallest absolute Gasteiger partial charge is 0.232 e. The van der Waals surface area contributed by atoms with Crippen LogP contribution in [-0.4, -0.2) is 29.5 Å². The first-order valence-electron chi connectivity index (χ1n) is 7.52. The van der Waals surface area contributed by atoms with Crippen molar-refractivity contribution in [2.75, 3.05) is 18.6 Å². The third-order valence-electron chi connectivity index (χ3n) is 4.08. The van der Waals surface area contributed by atoms with Gasteiger partial charge in [0.05, 0.1) is 17.3 Å². The molecule has 2 aromatic rings. The van der Waals surface area contributed by atoms with Crippen molar-refractivity contribution >= 4 is 27.8 Å². The lowest BCUT2D eigenvalue weighted by Gasteiger charge is -2.15. The average Bonchev–Trinajstić information content (AvgIpc) is 2.91. The van der Waals surface area contributed by atoms with Crippen molar-refractivity contribution in [3.63, 3.8) is 0 Å². The number of anilines is 1. The molecular weight excluding hydrogens is 358 g/mol. The highest BCUT2D eigenvalue weighted by molar-refractivity contribution is 9.10. The molecule has 0 N–H and O–H groups in total. The highest BCUT2D eigenvalue weighted by atomic mass is 79.9. The van der Waals surface area contributed by atoms with Crippen LogP contribution in [0, 0.1) is 12.8 Å². The van der Waals surface area contributed by atoms with Gasteiger partial charge < -0.3 is 4.74 Å². The third-order valence-corrected chi connectivity index (χ3v) is 4.86. The van der Waals surface area contributed by atoms with Gasteiger partial charge in [-0.2, -0.15) is 0 Å². The molecule has 1 atom stereocenters. The van der Waals surface area contributed by atoms with Crippen LogP contribution in [0.4, 0.5) is 5.95 Å². The van der Waals surface area contributed by atoms with Crippen LogP contribution in [0.15, 0.2) is 34.9 Å². The summed E-state index contributed by atoms with van der Waals surface area (Å²) in [6.45, 7) is 2.55. The van der Waals surface area contributed by atoms with Gasteiger partial charge in [-0.3, -0.25) is 9.69 Å². The van der Waals surface area contributed by atoms with E-state index in [4.69, 9.17) is 4.74 Å². The first-order chi connectivity index (χ1) is 11.1. The van der Waals surface area contributed by atoms with E-state index in [1.807, 2.05) is 31.2 Å². The van der Waals surface area contributed by atoms with Crippen LogP contribution in [0.5, 0.6) is 5.75 Å². The maximum atomic E-state index is 12.7. The average molecular weight is 376 g/mol. The lowest BCUT2D eigenvalue weighted by molar-refractivity contribution is -0.120. The minimum absolute atomic E-state index is 0.0327. The predicted octanol–water partition coefficient (Wildman–Crippen LogP) is 3.15. The summed E-state index contributed by atoms with van der Waals surface area (Å²) in [5.41, 5.74) is 1.94. The number of aryl methyl sites for hydroxylation is 1. The molecule has 3 rings (SSSR count). The van der Waals surface area contributed by atoms with E-state index in [9.17, 15) is 4.79 Å². The van der Waals surface area contributed by atoms with Crippen LogP contribution >= 0.6 is 15.9 Å². The molecule has 1 aromatic carbocycles. The van der Waals surface area contributed by atoms with E-state index in [0.29, 0.717) is 18.9 Å². The Hall–Kier alpha value is -1.95. The molecular formula is C17H18BrN3O2. The molecule has 2 heterocycles. The molecule has 0 radical (unpaired) electrons. The number of amides is 1. The molecule has 120 valence electrons. The van der Waals surface area contributed by atoms with Gasteiger partial charge in [0.15, 0.2) is 0 Å². The number of benzene rings is 1. The lowest BCUT2D eigenvalue weighted by Crippen LogP contribution is -2.29. The van der Waals surface area contributed by atoms with Crippen molar-refractivity contribution in [1.29, 1.82) is 0 Å². The first-order valence-corrected chi connectivity index (χ1v) is 8.31. The van der Waals surface area contributed by atoms with Crippen molar-refractivity contribution in [3.8, 4) is 5.75 Å². The summed E-state index contributed by atoms with van der Waals surface area (Å²) in [6.07, 6.45) is 3.22. The minimum atomic E-state index is -0.0327. The number of halogens is 1. The molecule has 5 nitrogen and oxygen atoms in total. The zero-order chi connectivity index (χ0) is 16.4. The quantitative estimate of drug-likeness (QED) is 0.823. The zero-order valence-electron chi connectivity index (χ0n) is 13.1. The normalized spacial score (nSPS) is 17.6. The Morgan fingerprint density at radius 2 is 2.26 bits per heavy atom. The lowest BCUT2D eigenvalue weighted by atomic mass is 9.98. The van der Waals surface area contributed by atoms with Gasteiger partial charge in [-0.15, -0.1) is 0 Å². The Balaban J connectivity index is 1.74. The monoisotopic (exact) mass is 375 g/mol. The van der Waals surface area contributed by atoms with Gasteiger partial charge >= 0.3 is 0 Å². The van der Waals surface area contributed by atoms with Gasteiger partial charge in [0.25, 0.3) is 0 Å². The van der Waals surface area contributed by atoms with E-state index in [2.05, 4.69) is 25.9 Å². The molecule has 1 aliphatic rings. The van der Waals surface area contributed by atoms with E-state index in [1.54, 1.807) is 18.2 Å². The molecule has 1 fully saturated rings. The van der Waals surface area contributed by atoms with Crippen LogP contribution in [0.3, 0.4) is 0 Å². The number of aromatic nitrogens is 2. The summed E-state index contributed by atoms with van der Waals surface area (Å²) in [4.78, 5) is 23.0. The second kappa shape index (κ2) is 6.66. The second-order valence-corrected chi connectivity index (χ2v) is 6.49. The molecule has 0 spiro atoms. The highest BCUT2D eigenvalue weighted by Gasteiger charge is 2.34. The van der Waals surface area contributed by atoms with Crippen LogP contribution in [0.1, 0.15) is 17.7 Å². The Morgan fingerprint density at radius 1 is 1.43 bits per heavy atom. The second-order valence-electron chi connectivity index (χ2n) is 5.63. The van der Waals surface area contributed by atoms with E-state index in [-0.39, 0.29) is 11.8 Å². The van der Waals surface area contributed by atoms with Crippen LogP contribution in [0.2, 0.25) is 0 Å². The van der Waals surface area contributed by atoms with Gasteiger partial charge in [0.2, 0.25) is 11.9 Å². The van der Waals surface area contributed by atoms with E-state index >= 15 is 0 Å². The van der Waals surface area contributed by atoms with Crippen molar-refractivity contribution in [1.82, 2.24) is 9.97 Å². The maximum Gasteiger partial charge on any atom is 0.232 e. The summed E-state index contributed by atoms with van der Waals surface area (Å²) in [5, 5.41) is 0. The van der Waals surface area contributed by atoms with E-state index < -0.39 is 0 Å². The summed E-state index contributed by atoms with van der Waals surface area (Å²) < 4.78 is 6.09. The summed E-state index contributed by atoms with van der Waals surface area (Å²) in [7, 11) is 1.65. The molecule has 1 saturated heterocycles. The van der Waals surface area contributed by atoms with Crippen molar-refractivity contribution < 1.29 is 9.53 Å². The van der Waals surface area contributed by atoms with E-state index in [1.165, 1.54) is 0 Å². The summed E-state index contributed by atoms with van der Waals surface area (Å²) >= 11 is 3.38. The number of hydrogen-bond donors (Lipinski definition) is 0. The van der Waals surface area contributed by atoms with Crippen molar-refractivity contribution in [2.45, 2.75) is 19.8 Å². The molecule has 0 bridgehead atoms. The fourth-order valence-electron chi connectivity index (χ4n) is 2.78. The van der Waals surface area contributed by atoms with Crippen LogP contribution in [0.25, 0.3) is 0 Å². The van der Waals surface area contributed by atoms with Crippen molar-refractivity contribution in [3.05, 3.63) is 46.2 Å². The molecule has 1 aliphatic heterocycles. The molecule has 0 aliphatic carbocycles. The van der Waals surface area contributed by atoms with Gasteiger partial charge in [-0.1, -0.05) is 12.1 Å². The van der Waals surface area contributed by atoms with Crippen LogP contribution in [-0.2, 0) is 11.2 Å². The topological polar surface area (TPSA) is 55.3 Å². The fraction of sp³-hybridized carbons (Fsp3) is 0.353. The first kappa shape index (κ1) is 15.9. The molecule has 1 aromatic heterocycles. The van der Waals surface area contributed by atoms with Crippen LogP contribution < -0.4 is 9.64 Å². The largest absolute Gasteiger partial charge is 0.497 e. The molecule has 0 saturated carbocycles. The molecule has 23 heavy (non-hydrogen) atoms. The predicted molar refractivity (Wildman–Crippen MR) is 91.6 cm³/mol. The number of hydrogen-bond acceptors (Lipinski definition) is 4. The Morgan fingerprint density at radius 3 is 3.00 bits per heavy atom. The van der Waals surface area contributed by atoms with Gasteiger partial charge in [0.1, 0.15) is 5.75 Å². The molecule has 1 amide bonds. The number of nitrogens with zero attached hydrogens (tertiary/aromatic N) is 3. The molecule has 6 heteroatoms. The van der Waals surface area contributed by atoms with Crippen molar-refractivity contribution in [2.24, 2.45) is 5.92 Å². The van der Waals surface area contributed by atoms with E-state index in [0.717, 1.165) is 27.9 Å². The third kappa shape index (κ3) is 3.37. The Labute approximate surface area is 143 Å². The number of carbonyl (C=O) groups excluding carboxylic acids is 1. The number of rotatable bonds is 4. The maximum absolute atomic E-state index is 12.7. The Bertz CT molecular complexity index is 736. The van der Waals surface area contributed by atoms with Gasteiger partial charge in [0, 0.05) is 18.7 Å². The van der Waals surface area contributed by atoms with Gasteiger partial charge in [-0.25, -0.2) is 9.97 Å².